The molecule has 0 amide bonds. The number of ketones is 1. The molecule has 0 aliphatic heterocycles. The Balaban J connectivity index is 3.50. The Morgan fingerprint density at radius 3 is 2.36 bits per heavy atom. The summed E-state index contributed by atoms with van der Waals surface area (Å²) in [6.45, 7) is 2.08. The summed E-state index contributed by atoms with van der Waals surface area (Å²) in [5.74, 6) is -1.50. The number of aliphatic hydroxyl groups is 1. The van der Waals surface area contributed by atoms with Crippen molar-refractivity contribution < 1.29 is 19.8 Å². The van der Waals surface area contributed by atoms with Crippen LogP contribution in [0.4, 0.5) is 0 Å². The molecule has 0 rings (SSSR count). The maximum absolute atomic E-state index is 11.1. The number of hydrogen-bond acceptors (Lipinski definition) is 3. The van der Waals surface area contributed by atoms with Gasteiger partial charge in [0.05, 0.1) is 0 Å². The van der Waals surface area contributed by atoms with E-state index >= 15 is 0 Å². The molecule has 0 unspecified atom stereocenters. The smallest absolute Gasteiger partial charge is 0.332 e. The van der Waals surface area contributed by atoms with Crippen molar-refractivity contribution in [1.29, 1.82) is 0 Å². The number of aliphatic carboxylic acids is 1. The Morgan fingerprint density at radius 2 is 1.86 bits per heavy atom. The molecule has 82 valence electrons. The second-order valence-corrected chi connectivity index (χ2v) is 3.41. The first-order valence-electron chi connectivity index (χ1n) is 5.00. The van der Waals surface area contributed by atoms with Gasteiger partial charge >= 0.3 is 5.97 Å². The standard InChI is InChI=1S/C10H18O4/c1-2-3-4-5-6-8(11)7-9(12)10(13)14/h9,12H,2-7H2,1H3,(H,13,14)/t9-/m0/s1. The summed E-state index contributed by atoms with van der Waals surface area (Å²) >= 11 is 0. The summed E-state index contributed by atoms with van der Waals surface area (Å²) < 4.78 is 0. The quantitative estimate of drug-likeness (QED) is 0.583. The van der Waals surface area contributed by atoms with Crippen LogP contribution in [0.15, 0.2) is 0 Å². The molecule has 0 spiro atoms. The van der Waals surface area contributed by atoms with Crippen molar-refractivity contribution in [1.82, 2.24) is 0 Å². The zero-order valence-corrected chi connectivity index (χ0v) is 8.53. The average Bonchev–Trinajstić information content (AvgIpc) is 2.12. The van der Waals surface area contributed by atoms with Crippen LogP contribution >= 0.6 is 0 Å². The first-order valence-corrected chi connectivity index (χ1v) is 5.00. The zero-order valence-electron chi connectivity index (χ0n) is 8.53. The third-order valence-electron chi connectivity index (χ3n) is 2.02. The van der Waals surface area contributed by atoms with Crippen molar-refractivity contribution in [2.45, 2.75) is 51.6 Å². The van der Waals surface area contributed by atoms with Crippen LogP contribution in [-0.4, -0.2) is 28.1 Å². The lowest BCUT2D eigenvalue weighted by atomic mass is 10.1. The van der Waals surface area contributed by atoms with Crippen molar-refractivity contribution in [3.63, 3.8) is 0 Å². The third-order valence-corrected chi connectivity index (χ3v) is 2.02. The lowest BCUT2D eigenvalue weighted by molar-refractivity contribution is -0.148. The van der Waals surface area contributed by atoms with E-state index in [9.17, 15) is 9.59 Å². The Hall–Kier alpha value is -0.900. The minimum Gasteiger partial charge on any atom is -0.479 e. The molecule has 0 bridgehead atoms. The van der Waals surface area contributed by atoms with Crippen molar-refractivity contribution in [2.75, 3.05) is 0 Å². The fourth-order valence-corrected chi connectivity index (χ4v) is 1.15. The Morgan fingerprint density at radius 1 is 1.21 bits per heavy atom. The summed E-state index contributed by atoms with van der Waals surface area (Å²) in [4.78, 5) is 21.3. The second kappa shape index (κ2) is 7.50. The highest BCUT2D eigenvalue weighted by atomic mass is 16.4. The number of hydrogen-bond donors (Lipinski definition) is 2. The van der Waals surface area contributed by atoms with Crippen LogP contribution in [0.1, 0.15) is 45.4 Å². The van der Waals surface area contributed by atoms with Crippen LogP contribution < -0.4 is 0 Å². The number of carbonyl (C=O) groups is 2. The molecule has 0 saturated carbocycles. The summed E-state index contributed by atoms with van der Waals surface area (Å²) in [6.07, 6.45) is 2.56. The van der Waals surface area contributed by atoms with Gasteiger partial charge < -0.3 is 10.2 Å². The fraction of sp³-hybridized carbons (Fsp3) is 0.800. The molecule has 0 aliphatic rings. The van der Waals surface area contributed by atoms with E-state index in [1.54, 1.807) is 0 Å². The molecule has 2 N–H and O–H groups in total. The minimum absolute atomic E-state index is 0.170. The Kier molecular flexibility index (Phi) is 7.02. The molecule has 1 atom stereocenters. The number of aliphatic hydroxyl groups excluding tert-OH is 1. The minimum atomic E-state index is -1.53. The van der Waals surface area contributed by atoms with Gasteiger partial charge in [-0.05, 0) is 6.42 Å². The molecule has 14 heavy (non-hydrogen) atoms. The number of carboxylic acid groups (broad SMARTS) is 1. The highest BCUT2D eigenvalue weighted by molar-refractivity contribution is 5.84. The Bertz CT molecular complexity index is 189. The number of Topliss-reactive ketones (excluding diaryl/α,β-unsaturated/α-hetero) is 1. The summed E-state index contributed by atoms with van der Waals surface area (Å²) in [7, 11) is 0. The van der Waals surface area contributed by atoms with Gasteiger partial charge in [0.25, 0.3) is 0 Å². The number of rotatable bonds is 8. The summed E-state index contributed by atoms with van der Waals surface area (Å²) in [6, 6.07) is 0. The van der Waals surface area contributed by atoms with Gasteiger partial charge in [0, 0.05) is 12.8 Å². The van der Waals surface area contributed by atoms with Gasteiger partial charge in [0.15, 0.2) is 6.10 Å². The predicted octanol–water partition coefficient (Wildman–Crippen LogP) is 1.36. The van der Waals surface area contributed by atoms with Gasteiger partial charge in [-0.2, -0.15) is 0 Å². The van der Waals surface area contributed by atoms with E-state index < -0.39 is 12.1 Å². The van der Waals surface area contributed by atoms with E-state index in [0.29, 0.717) is 6.42 Å². The van der Waals surface area contributed by atoms with E-state index in [2.05, 4.69) is 6.92 Å². The van der Waals surface area contributed by atoms with Crippen LogP contribution in [0, 0.1) is 0 Å². The van der Waals surface area contributed by atoms with E-state index in [0.717, 1.165) is 25.7 Å². The highest BCUT2D eigenvalue weighted by Crippen LogP contribution is 2.05. The van der Waals surface area contributed by atoms with Gasteiger partial charge in [-0.15, -0.1) is 0 Å². The third kappa shape index (κ3) is 6.60. The molecule has 0 aromatic rings. The van der Waals surface area contributed by atoms with Crippen LogP contribution in [0.3, 0.4) is 0 Å². The van der Waals surface area contributed by atoms with Crippen LogP contribution in [-0.2, 0) is 9.59 Å². The molecule has 4 nitrogen and oxygen atoms in total. The molecule has 0 radical (unpaired) electrons. The van der Waals surface area contributed by atoms with Gasteiger partial charge in [0.2, 0.25) is 0 Å². The molecule has 4 heteroatoms. The lowest BCUT2D eigenvalue weighted by Crippen LogP contribution is -2.22. The molecule has 0 saturated heterocycles. The van der Waals surface area contributed by atoms with E-state index in [1.807, 2.05) is 0 Å². The monoisotopic (exact) mass is 202 g/mol. The fourth-order valence-electron chi connectivity index (χ4n) is 1.15. The Labute approximate surface area is 83.9 Å². The van der Waals surface area contributed by atoms with Gasteiger partial charge in [-0.1, -0.05) is 26.2 Å². The van der Waals surface area contributed by atoms with Crippen LogP contribution in [0.25, 0.3) is 0 Å². The molecule has 0 fully saturated rings. The molecule has 0 aromatic heterocycles. The van der Waals surface area contributed by atoms with Gasteiger partial charge in [-0.3, -0.25) is 4.79 Å². The average molecular weight is 202 g/mol. The predicted molar refractivity (Wildman–Crippen MR) is 52.0 cm³/mol. The summed E-state index contributed by atoms with van der Waals surface area (Å²) in [5, 5.41) is 17.2. The molecule has 0 heterocycles. The van der Waals surface area contributed by atoms with Crippen molar-refractivity contribution in [3.8, 4) is 0 Å². The molecular weight excluding hydrogens is 184 g/mol. The second-order valence-electron chi connectivity index (χ2n) is 3.41. The number of carbonyl (C=O) groups excluding carboxylic acids is 1. The molecular formula is C10H18O4. The maximum atomic E-state index is 11.1. The van der Waals surface area contributed by atoms with E-state index in [-0.39, 0.29) is 12.2 Å². The normalized spacial score (nSPS) is 12.4. The van der Waals surface area contributed by atoms with Gasteiger partial charge in [0.1, 0.15) is 5.78 Å². The maximum Gasteiger partial charge on any atom is 0.332 e. The topological polar surface area (TPSA) is 74.6 Å². The van der Waals surface area contributed by atoms with Crippen molar-refractivity contribution >= 4 is 11.8 Å². The van der Waals surface area contributed by atoms with Crippen LogP contribution in [0.2, 0.25) is 0 Å². The molecule has 0 aromatic carbocycles. The van der Waals surface area contributed by atoms with E-state index in [4.69, 9.17) is 10.2 Å². The lowest BCUT2D eigenvalue weighted by Gasteiger charge is -2.03. The largest absolute Gasteiger partial charge is 0.479 e. The van der Waals surface area contributed by atoms with E-state index in [1.165, 1.54) is 0 Å². The SMILES string of the molecule is CCCCCCC(=O)C[C@H](O)C(=O)O. The van der Waals surface area contributed by atoms with Crippen molar-refractivity contribution in [2.24, 2.45) is 0 Å². The first kappa shape index (κ1) is 13.1. The van der Waals surface area contributed by atoms with Gasteiger partial charge in [-0.25, -0.2) is 4.79 Å². The first-order chi connectivity index (χ1) is 6.57. The number of carboxylic acids is 1. The summed E-state index contributed by atoms with van der Waals surface area (Å²) in [5.41, 5.74) is 0. The van der Waals surface area contributed by atoms with Crippen molar-refractivity contribution in [3.05, 3.63) is 0 Å². The molecule has 0 aliphatic carbocycles. The zero-order chi connectivity index (χ0) is 11.0. The highest BCUT2D eigenvalue weighted by Gasteiger charge is 2.16. The van der Waals surface area contributed by atoms with Crippen LogP contribution in [0.5, 0.6) is 0 Å². The number of unbranched alkanes of at least 4 members (excludes halogenated alkanes) is 3.